The van der Waals surface area contributed by atoms with Crippen molar-refractivity contribution in [2.24, 2.45) is 5.41 Å². The molecule has 2 fully saturated rings. The topological polar surface area (TPSA) is 43.9 Å². The molecule has 2 amide bonds. The van der Waals surface area contributed by atoms with Gasteiger partial charge in [0.2, 0.25) is 11.8 Å². The van der Waals surface area contributed by atoms with Crippen LogP contribution in [-0.2, 0) is 9.59 Å². The predicted molar refractivity (Wildman–Crippen MR) is 78.3 cm³/mol. The van der Waals surface area contributed by atoms with Crippen molar-refractivity contribution in [2.75, 3.05) is 45.8 Å². The molecule has 1 heterocycles. The van der Waals surface area contributed by atoms with Crippen LogP contribution < -0.4 is 0 Å². The van der Waals surface area contributed by atoms with E-state index in [1.807, 2.05) is 18.7 Å². The molecule has 20 heavy (non-hydrogen) atoms. The molecular formula is C15H27N3O2. The van der Waals surface area contributed by atoms with E-state index in [-0.39, 0.29) is 11.8 Å². The zero-order chi connectivity index (χ0) is 14.8. The second kappa shape index (κ2) is 6.12. The number of likely N-dealkylation sites (N-methyl/N-ethyl adjacent to an activating group) is 1. The lowest BCUT2D eigenvalue weighted by molar-refractivity contribution is -0.150. The quantitative estimate of drug-likeness (QED) is 0.700. The van der Waals surface area contributed by atoms with Crippen molar-refractivity contribution in [2.45, 2.75) is 33.6 Å². The summed E-state index contributed by atoms with van der Waals surface area (Å²) >= 11 is 0. The van der Waals surface area contributed by atoms with Gasteiger partial charge in [0.15, 0.2) is 0 Å². The molecule has 0 aromatic heterocycles. The molecule has 0 aromatic rings. The molecule has 1 aliphatic heterocycles. The zero-order valence-corrected chi connectivity index (χ0v) is 13.0. The maximum absolute atomic E-state index is 12.7. The van der Waals surface area contributed by atoms with Gasteiger partial charge in [-0.1, -0.05) is 6.92 Å². The van der Waals surface area contributed by atoms with Crippen LogP contribution in [0.5, 0.6) is 0 Å². The summed E-state index contributed by atoms with van der Waals surface area (Å²) in [5.41, 5.74) is -0.708. The lowest BCUT2D eigenvalue weighted by Gasteiger charge is -2.36. The van der Waals surface area contributed by atoms with E-state index in [0.29, 0.717) is 13.1 Å². The largest absolute Gasteiger partial charge is 0.342 e. The molecule has 1 saturated carbocycles. The Morgan fingerprint density at radius 1 is 1.00 bits per heavy atom. The molecule has 0 radical (unpaired) electrons. The van der Waals surface area contributed by atoms with Gasteiger partial charge in [-0.05, 0) is 33.2 Å². The molecule has 0 N–H and O–H groups in total. The molecule has 0 unspecified atom stereocenters. The van der Waals surface area contributed by atoms with Crippen LogP contribution in [0, 0.1) is 5.41 Å². The van der Waals surface area contributed by atoms with Crippen LogP contribution in [0.25, 0.3) is 0 Å². The number of carbonyl (C=O) groups excluding carboxylic acids is 2. The maximum atomic E-state index is 12.7. The van der Waals surface area contributed by atoms with Crippen molar-refractivity contribution in [3.63, 3.8) is 0 Å². The third-order valence-electron chi connectivity index (χ3n) is 4.73. The summed E-state index contributed by atoms with van der Waals surface area (Å²) in [5, 5.41) is 0. The Labute approximate surface area is 121 Å². The number of carbonyl (C=O) groups is 2. The van der Waals surface area contributed by atoms with E-state index in [4.69, 9.17) is 0 Å². The Bertz CT molecular complexity index is 367. The number of hydrogen-bond acceptors (Lipinski definition) is 3. The molecule has 2 aliphatic rings. The second-order valence-electron chi connectivity index (χ2n) is 5.79. The van der Waals surface area contributed by atoms with Crippen molar-refractivity contribution in [1.29, 1.82) is 0 Å². The van der Waals surface area contributed by atoms with Gasteiger partial charge in [-0.15, -0.1) is 0 Å². The average molecular weight is 281 g/mol. The maximum Gasteiger partial charge on any atom is 0.238 e. The molecule has 5 heteroatoms. The fraction of sp³-hybridized carbons (Fsp3) is 0.867. The van der Waals surface area contributed by atoms with Crippen LogP contribution in [0.4, 0.5) is 0 Å². The van der Waals surface area contributed by atoms with Crippen LogP contribution in [-0.4, -0.2) is 72.3 Å². The van der Waals surface area contributed by atoms with Gasteiger partial charge in [0.1, 0.15) is 5.41 Å². The number of hydrogen-bond donors (Lipinski definition) is 0. The van der Waals surface area contributed by atoms with E-state index in [1.165, 1.54) is 0 Å². The summed E-state index contributed by atoms with van der Waals surface area (Å²) in [4.78, 5) is 31.3. The van der Waals surface area contributed by atoms with E-state index in [1.54, 1.807) is 4.90 Å². The Balaban J connectivity index is 2.00. The van der Waals surface area contributed by atoms with Crippen molar-refractivity contribution >= 4 is 11.8 Å². The van der Waals surface area contributed by atoms with E-state index >= 15 is 0 Å². The zero-order valence-electron chi connectivity index (χ0n) is 13.0. The highest BCUT2D eigenvalue weighted by Crippen LogP contribution is 2.48. The van der Waals surface area contributed by atoms with Crippen molar-refractivity contribution in [1.82, 2.24) is 14.7 Å². The summed E-state index contributed by atoms with van der Waals surface area (Å²) in [6, 6.07) is 0. The molecule has 0 bridgehead atoms. The molecule has 0 spiro atoms. The SMILES string of the molecule is CCN1CCN(C(=O)C2(C(=O)N(CC)CC)CC2)CC1. The van der Waals surface area contributed by atoms with Crippen LogP contribution in [0.3, 0.4) is 0 Å². The number of nitrogens with zero attached hydrogens (tertiary/aromatic N) is 3. The van der Waals surface area contributed by atoms with E-state index in [0.717, 1.165) is 45.6 Å². The fourth-order valence-corrected chi connectivity index (χ4v) is 3.03. The molecule has 1 aliphatic carbocycles. The average Bonchev–Trinajstić information content (AvgIpc) is 3.29. The van der Waals surface area contributed by atoms with E-state index in [9.17, 15) is 9.59 Å². The number of rotatable bonds is 5. The van der Waals surface area contributed by atoms with Crippen LogP contribution in [0.1, 0.15) is 33.6 Å². The standard InChI is InChI=1S/C15H27N3O2/c1-4-16-9-11-18(12-10-16)14(20)15(7-8-15)13(19)17(5-2)6-3/h4-12H2,1-3H3. The van der Waals surface area contributed by atoms with Crippen molar-refractivity contribution in [3.8, 4) is 0 Å². The predicted octanol–water partition coefficient (Wildman–Crippen LogP) is 0.799. The third-order valence-corrected chi connectivity index (χ3v) is 4.73. The minimum atomic E-state index is -0.708. The first-order chi connectivity index (χ1) is 9.58. The van der Waals surface area contributed by atoms with Crippen molar-refractivity contribution < 1.29 is 9.59 Å². The second-order valence-corrected chi connectivity index (χ2v) is 5.79. The Morgan fingerprint density at radius 2 is 1.55 bits per heavy atom. The highest BCUT2D eigenvalue weighted by Gasteiger charge is 2.59. The van der Waals surface area contributed by atoms with Gasteiger partial charge in [0, 0.05) is 39.3 Å². The van der Waals surface area contributed by atoms with Gasteiger partial charge in [0.05, 0.1) is 0 Å². The van der Waals surface area contributed by atoms with Crippen molar-refractivity contribution in [3.05, 3.63) is 0 Å². The van der Waals surface area contributed by atoms with Gasteiger partial charge in [-0.3, -0.25) is 9.59 Å². The molecule has 114 valence electrons. The summed E-state index contributed by atoms with van der Waals surface area (Å²) in [6.45, 7) is 11.9. The summed E-state index contributed by atoms with van der Waals surface area (Å²) in [6.07, 6.45) is 1.46. The van der Waals surface area contributed by atoms with Crippen LogP contribution >= 0.6 is 0 Å². The normalized spacial score (nSPS) is 21.6. The highest BCUT2D eigenvalue weighted by atomic mass is 16.2. The highest BCUT2D eigenvalue weighted by molar-refractivity contribution is 6.07. The van der Waals surface area contributed by atoms with Gasteiger partial charge in [-0.25, -0.2) is 0 Å². The lowest BCUT2D eigenvalue weighted by atomic mass is 10.0. The van der Waals surface area contributed by atoms with Crippen LogP contribution in [0.2, 0.25) is 0 Å². The molecule has 0 aromatic carbocycles. The van der Waals surface area contributed by atoms with E-state index in [2.05, 4.69) is 11.8 Å². The molecular weight excluding hydrogens is 254 g/mol. The van der Waals surface area contributed by atoms with Gasteiger partial charge >= 0.3 is 0 Å². The van der Waals surface area contributed by atoms with Gasteiger partial charge < -0.3 is 14.7 Å². The molecule has 2 rings (SSSR count). The van der Waals surface area contributed by atoms with E-state index < -0.39 is 5.41 Å². The molecule has 1 saturated heterocycles. The van der Waals surface area contributed by atoms with Gasteiger partial charge in [0.25, 0.3) is 0 Å². The fourth-order valence-electron chi connectivity index (χ4n) is 3.03. The summed E-state index contributed by atoms with van der Waals surface area (Å²) in [7, 11) is 0. The number of amides is 2. The molecule has 5 nitrogen and oxygen atoms in total. The first-order valence-electron chi connectivity index (χ1n) is 7.90. The summed E-state index contributed by atoms with van der Waals surface area (Å²) < 4.78 is 0. The Hall–Kier alpha value is -1.10. The smallest absolute Gasteiger partial charge is 0.238 e. The first-order valence-corrected chi connectivity index (χ1v) is 7.90. The third kappa shape index (κ3) is 2.68. The minimum absolute atomic E-state index is 0.0467. The number of piperazine rings is 1. The molecule has 0 atom stereocenters. The first kappa shape index (κ1) is 15.3. The minimum Gasteiger partial charge on any atom is -0.342 e. The lowest BCUT2D eigenvalue weighted by Crippen LogP contribution is -2.53. The summed E-state index contributed by atoms with van der Waals surface area (Å²) in [5.74, 6) is 0.121. The Morgan fingerprint density at radius 3 is 1.95 bits per heavy atom. The monoisotopic (exact) mass is 281 g/mol. The Kier molecular flexibility index (Phi) is 4.68. The van der Waals surface area contributed by atoms with Crippen LogP contribution in [0.15, 0.2) is 0 Å². The van der Waals surface area contributed by atoms with Gasteiger partial charge in [-0.2, -0.15) is 0 Å².